The van der Waals surface area contributed by atoms with Crippen molar-refractivity contribution in [2.24, 2.45) is 22.1 Å². The molecular weight excluding hydrogens is 855 g/mol. The van der Waals surface area contributed by atoms with Crippen molar-refractivity contribution in [1.82, 2.24) is 0 Å². The number of hydrogen-bond donors (Lipinski definition) is 2. The average molecular weight is 922 g/mol. The van der Waals surface area contributed by atoms with Gasteiger partial charge in [-0.3, -0.25) is 19.2 Å². The van der Waals surface area contributed by atoms with Crippen LogP contribution in [0.5, 0.6) is 0 Å². The van der Waals surface area contributed by atoms with Crippen molar-refractivity contribution < 1.29 is 53.1 Å². The van der Waals surface area contributed by atoms with Gasteiger partial charge in [-0.2, -0.15) is 10.5 Å². The first kappa shape index (κ1) is 55.7. The van der Waals surface area contributed by atoms with Gasteiger partial charge >= 0.3 is 23.9 Å². The minimum atomic E-state index is -1.04. The summed E-state index contributed by atoms with van der Waals surface area (Å²) < 4.78 is 27.7. The van der Waals surface area contributed by atoms with Crippen molar-refractivity contribution in [3.8, 4) is 12.1 Å². The molecule has 2 N–H and O–H groups in total. The summed E-state index contributed by atoms with van der Waals surface area (Å²) in [6.45, 7) is 10.1. The van der Waals surface area contributed by atoms with Crippen LogP contribution in [0, 0.1) is 48.3 Å². The van der Waals surface area contributed by atoms with Crippen LogP contribution in [0.25, 0.3) is 0 Å². The molecule has 0 spiro atoms. The Kier molecular flexibility index (Phi) is 29.1. The number of aryl methyl sites for hydroxylation is 1. The van der Waals surface area contributed by atoms with Gasteiger partial charge in [0.15, 0.2) is 5.00 Å². The maximum Gasteiger partial charge on any atom is 0.307 e. The van der Waals surface area contributed by atoms with Crippen LogP contribution < -0.4 is 4.90 Å². The first-order chi connectivity index (χ1) is 31.4. The average Bonchev–Trinajstić information content (AvgIpc) is 3.60. The maximum absolute atomic E-state index is 12.4. The smallest absolute Gasteiger partial charge is 0.307 e. The predicted molar refractivity (Wildman–Crippen MR) is 248 cm³/mol. The number of anilines is 1. The Balaban J connectivity index is 1.90. The van der Waals surface area contributed by atoms with Crippen LogP contribution in [0.15, 0.2) is 52.7 Å². The summed E-state index contributed by atoms with van der Waals surface area (Å²) in [6, 6.07) is 9.82. The lowest BCUT2D eigenvalue weighted by Gasteiger charge is -2.25. The topological polar surface area (TPSA) is 230 Å². The number of carbonyl (C=O) groups excluding carboxylic acids is 2. The summed E-state index contributed by atoms with van der Waals surface area (Å²) >= 11 is 1.11. The number of azo groups is 1. The summed E-state index contributed by atoms with van der Waals surface area (Å²) in [6.07, 6.45) is 16.0. The molecule has 1 aromatic heterocycles. The lowest BCUT2D eigenvalue weighted by Crippen LogP contribution is -2.31. The summed E-state index contributed by atoms with van der Waals surface area (Å²) in [7, 11) is 0. The largest absolute Gasteiger partial charge is 0.481 e. The summed E-state index contributed by atoms with van der Waals surface area (Å²) in [4.78, 5) is 50.5. The molecule has 0 amide bonds. The van der Waals surface area contributed by atoms with Crippen LogP contribution in [0.2, 0.25) is 0 Å². The Hall–Kier alpha value is -5.46. The zero-order chi connectivity index (χ0) is 47.7. The van der Waals surface area contributed by atoms with Crippen LogP contribution in [0.1, 0.15) is 112 Å². The fourth-order valence-electron chi connectivity index (χ4n) is 6.27. The molecule has 2 rings (SSSR count). The molecule has 0 bridgehead atoms. The van der Waals surface area contributed by atoms with E-state index in [1.54, 1.807) is 6.92 Å². The Labute approximate surface area is 387 Å². The number of rotatable bonds is 36. The first-order valence-electron chi connectivity index (χ1n) is 22.5. The number of carboxylic acid groups (broad SMARTS) is 2. The van der Waals surface area contributed by atoms with E-state index in [1.807, 2.05) is 49.4 Å². The van der Waals surface area contributed by atoms with Gasteiger partial charge < -0.3 is 38.8 Å². The van der Waals surface area contributed by atoms with Gasteiger partial charge in [0.25, 0.3) is 0 Å². The quantitative estimate of drug-likeness (QED) is 0.0281. The van der Waals surface area contributed by atoms with Gasteiger partial charge in [0.05, 0.1) is 75.6 Å². The van der Waals surface area contributed by atoms with Crippen molar-refractivity contribution >= 4 is 51.6 Å². The van der Waals surface area contributed by atoms with E-state index in [4.69, 9.17) is 23.7 Å². The lowest BCUT2D eigenvalue weighted by molar-refractivity contribution is -0.152. The fourth-order valence-corrected chi connectivity index (χ4v) is 7.15. The molecular formula is C48H67N5O11S. The molecule has 2 aromatic rings. The zero-order valence-electron chi connectivity index (χ0n) is 38.5. The molecule has 1 heterocycles. The number of thiophene rings is 1. The van der Waals surface area contributed by atoms with Gasteiger partial charge in [0.1, 0.15) is 30.2 Å². The second-order valence-electron chi connectivity index (χ2n) is 15.3. The molecule has 0 saturated heterocycles. The third kappa shape index (κ3) is 23.3. The van der Waals surface area contributed by atoms with E-state index in [0.717, 1.165) is 74.0 Å². The Morgan fingerprint density at radius 1 is 0.708 bits per heavy atom. The second-order valence-corrected chi connectivity index (χ2v) is 16.3. The highest BCUT2D eigenvalue weighted by Crippen LogP contribution is 2.36. The molecule has 0 aliphatic rings. The van der Waals surface area contributed by atoms with E-state index in [9.17, 15) is 39.9 Å². The Morgan fingerprint density at radius 2 is 1.22 bits per heavy atom. The van der Waals surface area contributed by atoms with Crippen molar-refractivity contribution in [2.75, 3.05) is 70.8 Å². The molecule has 1 aromatic carbocycles. The number of unbranched alkanes of at least 4 members (excludes halogenated alkanes) is 6. The molecule has 0 radical (unpaired) electrons. The summed E-state index contributed by atoms with van der Waals surface area (Å²) in [5.74, 6) is -4.97. The third-order valence-electron chi connectivity index (χ3n) is 10.1. The number of esters is 2. The number of carboxylic acids is 2. The van der Waals surface area contributed by atoms with Crippen LogP contribution in [-0.2, 0) is 42.9 Å². The van der Waals surface area contributed by atoms with E-state index in [0.29, 0.717) is 46.4 Å². The number of carbonyl (C=O) groups is 4. The minimum absolute atomic E-state index is 0.00696. The van der Waals surface area contributed by atoms with E-state index < -0.39 is 35.7 Å². The zero-order valence-corrected chi connectivity index (χ0v) is 39.3. The van der Waals surface area contributed by atoms with Gasteiger partial charge in [0, 0.05) is 18.8 Å². The summed E-state index contributed by atoms with van der Waals surface area (Å²) in [5.41, 5.74) is 3.14. The van der Waals surface area contributed by atoms with E-state index >= 15 is 0 Å². The van der Waals surface area contributed by atoms with Gasteiger partial charge in [-0.25, -0.2) is 0 Å². The number of nitriles is 2. The maximum atomic E-state index is 12.4. The molecule has 0 fully saturated rings. The summed E-state index contributed by atoms with van der Waals surface area (Å²) in [5, 5.41) is 47.1. The Bertz CT molecular complexity index is 1930. The first-order valence-corrected chi connectivity index (χ1v) is 23.3. The van der Waals surface area contributed by atoms with Crippen LogP contribution in [0.3, 0.4) is 0 Å². The number of benzene rings is 1. The van der Waals surface area contributed by atoms with E-state index in [-0.39, 0.29) is 71.9 Å². The molecule has 17 heteroatoms. The monoisotopic (exact) mass is 921 g/mol. The van der Waals surface area contributed by atoms with Crippen molar-refractivity contribution in [3.05, 3.63) is 64.1 Å². The van der Waals surface area contributed by atoms with Crippen LogP contribution in [0.4, 0.5) is 16.4 Å². The van der Waals surface area contributed by atoms with Gasteiger partial charge in [-0.15, -0.1) is 21.6 Å². The minimum Gasteiger partial charge on any atom is -0.481 e. The van der Waals surface area contributed by atoms with Crippen molar-refractivity contribution in [1.29, 1.82) is 10.5 Å². The number of allylic oxidation sites excluding steroid dienone is 4. The van der Waals surface area contributed by atoms with Gasteiger partial charge in [0.2, 0.25) is 0 Å². The number of nitrogens with zero attached hydrogens (tertiary/aromatic N) is 5. The normalized spacial score (nSPS) is 12.3. The molecule has 356 valence electrons. The van der Waals surface area contributed by atoms with Crippen molar-refractivity contribution in [2.45, 2.75) is 105 Å². The molecule has 16 nitrogen and oxygen atoms in total. The number of ether oxygens (including phenoxy) is 5. The molecule has 2 atom stereocenters. The second kappa shape index (κ2) is 34.0. The highest BCUT2D eigenvalue weighted by atomic mass is 32.1. The fraction of sp³-hybridized carbons (Fsp3) is 0.583. The van der Waals surface area contributed by atoms with Gasteiger partial charge in [-0.05, 0) is 81.7 Å². The molecule has 2 unspecified atom stereocenters. The number of aliphatic carboxylic acids is 2. The van der Waals surface area contributed by atoms with E-state index in [2.05, 4.69) is 41.1 Å². The lowest BCUT2D eigenvalue weighted by atomic mass is 10.0. The SMILES string of the molecule is CCCCCC=CCC(CC(=O)OCCOCCOCCN(CCOCCOC(=O)CC(CC=CCCCCC)C(=O)O)c1ccc(N=Nc2sc(C#N)c(C)c2C#N)c(C)c1)C(=O)O. The predicted octanol–water partition coefficient (Wildman–Crippen LogP) is 9.70. The standard InChI is InChI=1S/C48H67N5O11S/c1-5-7-9-11-13-15-17-38(47(56)57)32-44(54)63-29-27-61-24-22-53(40-19-20-42(36(3)31-40)51-52-46-41(34-49)37(4)43(35-50)65-46)21-23-60-25-26-62-28-30-64-45(55)33-39(48(58)59)18-16-14-12-10-8-6-2/h13-16,19-20,31,38-39H,5-12,17-18,21-30,32-33H2,1-4H3,(H,56,57)(H,58,59). The van der Waals surface area contributed by atoms with E-state index in [1.165, 1.54) is 0 Å². The third-order valence-corrected chi connectivity index (χ3v) is 11.2. The van der Waals surface area contributed by atoms with Gasteiger partial charge in [-0.1, -0.05) is 63.8 Å². The molecule has 65 heavy (non-hydrogen) atoms. The highest BCUT2D eigenvalue weighted by molar-refractivity contribution is 7.16. The van der Waals surface area contributed by atoms with Crippen molar-refractivity contribution in [3.63, 3.8) is 0 Å². The Morgan fingerprint density at radius 3 is 1.68 bits per heavy atom. The molecule has 0 aliphatic carbocycles. The van der Waals surface area contributed by atoms with Crippen LogP contribution >= 0.6 is 11.3 Å². The molecule has 0 saturated carbocycles. The molecule has 0 aliphatic heterocycles. The van der Waals surface area contributed by atoms with Crippen LogP contribution in [-0.4, -0.2) is 100 Å². The highest BCUT2D eigenvalue weighted by Gasteiger charge is 2.22. The number of hydrogen-bond acceptors (Lipinski definition) is 15.